The Hall–Kier alpha value is -0.420. The van der Waals surface area contributed by atoms with E-state index in [-0.39, 0.29) is 12.5 Å². The van der Waals surface area contributed by atoms with E-state index in [4.69, 9.17) is 27.9 Å². The summed E-state index contributed by atoms with van der Waals surface area (Å²) in [5.74, 6) is 1.60. The molecule has 3 nitrogen and oxygen atoms in total. The first kappa shape index (κ1) is 15.6. The van der Waals surface area contributed by atoms with Crippen molar-refractivity contribution < 1.29 is 9.53 Å². The molecule has 0 aromatic heterocycles. The van der Waals surface area contributed by atoms with Crippen molar-refractivity contribution in [2.24, 2.45) is 0 Å². The van der Waals surface area contributed by atoms with Crippen LogP contribution in [0.1, 0.15) is 5.56 Å². The molecule has 0 spiro atoms. The quantitative estimate of drug-likeness (QED) is 0.787. The van der Waals surface area contributed by atoms with Crippen LogP contribution in [-0.2, 0) is 15.3 Å². The Morgan fingerprint density at radius 1 is 1.39 bits per heavy atom. The molecule has 0 saturated carbocycles. The van der Waals surface area contributed by atoms with Gasteiger partial charge in [-0.1, -0.05) is 29.3 Å². The summed E-state index contributed by atoms with van der Waals surface area (Å²) in [7, 11) is 1.50. The minimum atomic E-state index is -0.0902. The maximum absolute atomic E-state index is 11.1. The lowest BCUT2D eigenvalue weighted by atomic mass is 10.2. The van der Waals surface area contributed by atoms with Gasteiger partial charge in [0.05, 0.1) is 10.0 Å². The first-order valence-corrected chi connectivity index (χ1v) is 7.32. The monoisotopic (exact) mass is 307 g/mol. The van der Waals surface area contributed by atoms with E-state index in [1.807, 2.05) is 12.1 Å². The Morgan fingerprint density at radius 3 is 2.83 bits per heavy atom. The number of methoxy groups -OCH3 is 1. The Bertz CT molecular complexity index is 402. The predicted octanol–water partition coefficient (Wildman–Crippen LogP) is 2.99. The van der Waals surface area contributed by atoms with Crippen molar-refractivity contribution >= 4 is 40.9 Å². The number of halogens is 2. The number of carbonyl (C=O) groups excluding carboxylic acids is 1. The van der Waals surface area contributed by atoms with Gasteiger partial charge in [0.1, 0.15) is 6.61 Å². The van der Waals surface area contributed by atoms with Crippen LogP contribution in [-0.4, -0.2) is 31.9 Å². The lowest BCUT2D eigenvalue weighted by Gasteiger charge is -2.05. The summed E-state index contributed by atoms with van der Waals surface area (Å²) < 4.78 is 4.71. The highest BCUT2D eigenvalue weighted by Crippen LogP contribution is 2.24. The molecule has 18 heavy (non-hydrogen) atoms. The molecule has 0 aliphatic carbocycles. The molecule has 6 heteroatoms. The van der Waals surface area contributed by atoms with E-state index in [0.717, 1.165) is 17.1 Å². The first-order chi connectivity index (χ1) is 8.63. The van der Waals surface area contributed by atoms with Gasteiger partial charge in [-0.25, -0.2) is 0 Å². The maximum Gasteiger partial charge on any atom is 0.246 e. The summed E-state index contributed by atoms with van der Waals surface area (Å²) >= 11 is 13.5. The van der Waals surface area contributed by atoms with Gasteiger partial charge in [-0.2, -0.15) is 11.8 Å². The largest absolute Gasteiger partial charge is 0.375 e. The van der Waals surface area contributed by atoms with Crippen LogP contribution in [0.25, 0.3) is 0 Å². The second-order valence-electron chi connectivity index (χ2n) is 3.58. The summed E-state index contributed by atoms with van der Waals surface area (Å²) in [5.41, 5.74) is 1.12. The molecule has 0 saturated heterocycles. The van der Waals surface area contributed by atoms with Crippen molar-refractivity contribution in [3.05, 3.63) is 33.8 Å². The van der Waals surface area contributed by atoms with Crippen LogP contribution in [0.5, 0.6) is 0 Å². The van der Waals surface area contributed by atoms with Crippen molar-refractivity contribution in [3.8, 4) is 0 Å². The fourth-order valence-electron chi connectivity index (χ4n) is 1.26. The first-order valence-electron chi connectivity index (χ1n) is 5.41. The molecule has 0 fully saturated rings. The second kappa shape index (κ2) is 8.64. The fourth-order valence-corrected chi connectivity index (χ4v) is 2.39. The number of thioether (sulfide) groups is 1. The van der Waals surface area contributed by atoms with Crippen LogP contribution in [0.4, 0.5) is 0 Å². The third-order valence-electron chi connectivity index (χ3n) is 2.10. The van der Waals surface area contributed by atoms with E-state index in [9.17, 15) is 4.79 Å². The van der Waals surface area contributed by atoms with Crippen LogP contribution in [0, 0.1) is 0 Å². The minimum Gasteiger partial charge on any atom is -0.375 e. The van der Waals surface area contributed by atoms with Gasteiger partial charge in [-0.15, -0.1) is 0 Å². The zero-order valence-corrected chi connectivity index (χ0v) is 12.4. The molecule has 0 aliphatic heterocycles. The molecule has 0 bridgehead atoms. The number of carbonyl (C=O) groups is 1. The van der Waals surface area contributed by atoms with E-state index >= 15 is 0 Å². The molecule has 0 radical (unpaired) electrons. The molecule has 0 aliphatic rings. The highest BCUT2D eigenvalue weighted by molar-refractivity contribution is 7.98. The van der Waals surface area contributed by atoms with Gasteiger partial charge < -0.3 is 10.1 Å². The van der Waals surface area contributed by atoms with Gasteiger partial charge in [-0.05, 0) is 17.7 Å². The topological polar surface area (TPSA) is 38.3 Å². The molecule has 1 N–H and O–H groups in total. The Morgan fingerprint density at radius 2 is 2.17 bits per heavy atom. The van der Waals surface area contributed by atoms with Crippen molar-refractivity contribution in [1.29, 1.82) is 0 Å². The zero-order chi connectivity index (χ0) is 13.4. The summed E-state index contributed by atoms with van der Waals surface area (Å²) in [4.78, 5) is 11.1. The van der Waals surface area contributed by atoms with E-state index < -0.39 is 0 Å². The number of amides is 1. The summed E-state index contributed by atoms with van der Waals surface area (Å²) in [6, 6.07) is 5.60. The van der Waals surface area contributed by atoms with Crippen LogP contribution >= 0.6 is 35.0 Å². The SMILES string of the molecule is COCC(=O)NCCSCc1ccc(Cl)c(Cl)c1. The Balaban J connectivity index is 2.18. The van der Waals surface area contributed by atoms with Crippen LogP contribution < -0.4 is 5.32 Å². The number of benzene rings is 1. The van der Waals surface area contributed by atoms with Gasteiger partial charge in [0, 0.05) is 25.2 Å². The van der Waals surface area contributed by atoms with Crippen molar-refractivity contribution in [2.75, 3.05) is 26.0 Å². The third kappa shape index (κ3) is 5.96. The molecular formula is C12H15Cl2NO2S. The minimum absolute atomic E-state index is 0.0902. The highest BCUT2D eigenvalue weighted by atomic mass is 35.5. The van der Waals surface area contributed by atoms with Crippen molar-refractivity contribution in [1.82, 2.24) is 5.32 Å². The highest BCUT2D eigenvalue weighted by Gasteiger charge is 2.01. The molecule has 1 aromatic rings. The molecule has 0 heterocycles. The maximum atomic E-state index is 11.1. The number of ether oxygens (including phenoxy) is 1. The summed E-state index contributed by atoms with van der Waals surface area (Å²) in [6.45, 7) is 0.742. The van der Waals surface area contributed by atoms with Gasteiger partial charge in [0.2, 0.25) is 5.91 Å². The van der Waals surface area contributed by atoms with Crippen molar-refractivity contribution in [2.45, 2.75) is 5.75 Å². The molecular weight excluding hydrogens is 293 g/mol. The molecule has 100 valence electrons. The van der Waals surface area contributed by atoms with Crippen molar-refractivity contribution in [3.63, 3.8) is 0 Å². The summed E-state index contributed by atoms with van der Waals surface area (Å²) in [5, 5.41) is 3.90. The molecule has 1 amide bonds. The normalized spacial score (nSPS) is 10.4. The van der Waals surface area contributed by atoms with Gasteiger partial charge in [0.25, 0.3) is 0 Å². The second-order valence-corrected chi connectivity index (χ2v) is 5.50. The third-order valence-corrected chi connectivity index (χ3v) is 3.87. The van der Waals surface area contributed by atoms with Crippen LogP contribution in [0.3, 0.4) is 0 Å². The Kier molecular flexibility index (Phi) is 7.51. The summed E-state index contributed by atoms with van der Waals surface area (Å²) in [6.07, 6.45) is 0. The standard InChI is InChI=1S/C12H15Cl2NO2S/c1-17-7-12(16)15-4-5-18-8-9-2-3-10(13)11(14)6-9/h2-3,6H,4-5,7-8H2,1H3,(H,15,16). The van der Waals surface area contributed by atoms with Crippen LogP contribution in [0.2, 0.25) is 10.0 Å². The smallest absolute Gasteiger partial charge is 0.246 e. The lowest BCUT2D eigenvalue weighted by Crippen LogP contribution is -2.29. The number of hydrogen-bond donors (Lipinski definition) is 1. The predicted molar refractivity (Wildman–Crippen MR) is 77.5 cm³/mol. The molecule has 1 aromatic carbocycles. The van der Waals surface area contributed by atoms with E-state index in [1.165, 1.54) is 7.11 Å². The fraction of sp³-hybridized carbons (Fsp3) is 0.417. The van der Waals surface area contributed by atoms with Gasteiger partial charge in [-0.3, -0.25) is 4.79 Å². The Labute approximate surface area is 121 Å². The molecule has 1 rings (SSSR count). The average Bonchev–Trinajstić information content (AvgIpc) is 2.33. The number of nitrogens with one attached hydrogen (secondary N) is 1. The van der Waals surface area contributed by atoms with Gasteiger partial charge in [0.15, 0.2) is 0 Å². The van der Waals surface area contributed by atoms with Crippen LogP contribution in [0.15, 0.2) is 18.2 Å². The molecule has 0 atom stereocenters. The molecule has 0 unspecified atom stereocenters. The lowest BCUT2D eigenvalue weighted by molar-refractivity contribution is -0.124. The zero-order valence-electron chi connectivity index (χ0n) is 10.0. The average molecular weight is 308 g/mol. The van der Waals surface area contributed by atoms with E-state index in [2.05, 4.69) is 5.32 Å². The van der Waals surface area contributed by atoms with E-state index in [0.29, 0.717) is 16.6 Å². The number of hydrogen-bond acceptors (Lipinski definition) is 3. The van der Waals surface area contributed by atoms with E-state index in [1.54, 1.807) is 17.8 Å². The van der Waals surface area contributed by atoms with Gasteiger partial charge >= 0.3 is 0 Å². The number of rotatable bonds is 7.